The SMILES string of the molecule is O=C1C([C@H]2C[C@@H](c3ccccc3)[C@@H](c3cccc([NH+]([O-])O)c3O)N=N2)=C(O)c2ccccc21. The van der Waals surface area contributed by atoms with Crippen molar-refractivity contribution in [2.24, 2.45) is 10.2 Å². The normalized spacial score (nSPS) is 23.0. The number of hydrogen-bond acceptors (Lipinski definition) is 7. The molecule has 0 saturated heterocycles. The van der Waals surface area contributed by atoms with Crippen molar-refractivity contribution >= 4 is 17.2 Å². The van der Waals surface area contributed by atoms with Crippen molar-refractivity contribution in [1.82, 2.24) is 0 Å². The second-order valence-corrected chi connectivity index (χ2v) is 8.13. The van der Waals surface area contributed by atoms with Crippen molar-refractivity contribution < 1.29 is 25.4 Å². The van der Waals surface area contributed by atoms with E-state index in [0.717, 1.165) is 5.56 Å². The van der Waals surface area contributed by atoms with E-state index >= 15 is 0 Å². The van der Waals surface area contributed by atoms with Crippen LogP contribution in [0.1, 0.15) is 45.4 Å². The van der Waals surface area contributed by atoms with E-state index < -0.39 is 17.3 Å². The van der Waals surface area contributed by atoms with Crippen LogP contribution in [0.5, 0.6) is 5.75 Å². The van der Waals surface area contributed by atoms with Gasteiger partial charge >= 0.3 is 0 Å². The Balaban J connectivity index is 1.59. The van der Waals surface area contributed by atoms with Gasteiger partial charge in [0.25, 0.3) is 0 Å². The smallest absolute Gasteiger partial charge is 0.206 e. The fraction of sp³-hybridized carbons (Fsp3) is 0.160. The predicted molar refractivity (Wildman–Crippen MR) is 119 cm³/mol. The molecule has 33 heavy (non-hydrogen) atoms. The Morgan fingerprint density at radius 3 is 2.27 bits per heavy atom. The number of fused-ring (bicyclic) bond motifs is 1. The zero-order valence-corrected chi connectivity index (χ0v) is 17.4. The first-order chi connectivity index (χ1) is 16.0. The quantitative estimate of drug-likeness (QED) is 0.358. The summed E-state index contributed by atoms with van der Waals surface area (Å²) in [6, 6.07) is 19.6. The molecular weight excluding hydrogens is 422 g/mol. The third kappa shape index (κ3) is 3.50. The van der Waals surface area contributed by atoms with E-state index in [1.807, 2.05) is 30.3 Å². The standard InChI is InChI=1S/C25H21N3O5/c29-23-17(11-6-12-20(23)28(32)33)22-18(14-7-2-1-3-8-14)13-19(26-27-22)21-24(30)15-9-4-5-10-16(15)25(21)31/h1-12,18-19,22,28-30,32H,13H2/t18-,19+,22+/m0/s1. The number of nitrogens with one attached hydrogen (secondary N) is 1. The number of nitrogens with zero attached hydrogens (tertiary/aromatic N) is 2. The minimum absolute atomic E-state index is 0.0828. The number of Topliss-reactive ketones (excluding diaryl/α,β-unsaturated/α-hetero) is 1. The molecule has 8 heteroatoms. The van der Waals surface area contributed by atoms with Crippen molar-refractivity contribution in [3.05, 3.63) is 106 Å². The summed E-state index contributed by atoms with van der Waals surface area (Å²) in [5.41, 5.74) is 2.18. The van der Waals surface area contributed by atoms with Gasteiger partial charge in [-0.3, -0.25) is 4.79 Å². The zero-order chi connectivity index (χ0) is 23.1. The van der Waals surface area contributed by atoms with E-state index in [1.165, 1.54) is 6.07 Å². The number of carbonyl (C=O) groups excluding carboxylic acids is 1. The third-order valence-electron chi connectivity index (χ3n) is 6.29. The lowest BCUT2D eigenvalue weighted by molar-refractivity contribution is -0.991. The molecule has 3 aromatic carbocycles. The monoisotopic (exact) mass is 443 g/mol. The summed E-state index contributed by atoms with van der Waals surface area (Å²) in [6.07, 6.45) is 0.355. The molecule has 8 nitrogen and oxygen atoms in total. The molecule has 0 saturated carbocycles. The average molecular weight is 443 g/mol. The van der Waals surface area contributed by atoms with Crippen LogP contribution in [0.3, 0.4) is 0 Å². The van der Waals surface area contributed by atoms with Gasteiger partial charge < -0.3 is 15.4 Å². The molecule has 0 spiro atoms. The molecule has 5 rings (SSSR count). The predicted octanol–water partition coefficient (Wildman–Crippen LogP) is 4.01. The molecule has 166 valence electrons. The number of hydrogen-bond donors (Lipinski definition) is 4. The number of rotatable bonds is 4. The Labute approximate surface area is 189 Å². The molecule has 3 aromatic rings. The second kappa shape index (κ2) is 8.25. The van der Waals surface area contributed by atoms with Gasteiger partial charge in [-0.1, -0.05) is 66.7 Å². The van der Waals surface area contributed by atoms with Gasteiger partial charge in [-0.25, -0.2) is 5.21 Å². The molecule has 4 N–H and O–H groups in total. The van der Waals surface area contributed by atoms with E-state index in [9.17, 15) is 25.4 Å². The summed E-state index contributed by atoms with van der Waals surface area (Å²) in [6.45, 7) is 0. The number of azo groups is 1. The molecule has 1 unspecified atom stereocenters. The first-order valence-corrected chi connectivity index (χ1v) is 10.5. The molecule has 0 aromatic heterocycles. The van der Waals surface area contributed by atoms with Crippen molar-refractivity contribution in [2.75, 3.05) is 0 Å². The lowest BCUT2D eigenvalue weighted by atomic mass is 9.80. The summed E-state index contributed by atoms with van der Waals surface area (Å²) in [4.78, 5) is 13.1. The summed E-state index contributed by atoms with van der Waals surface area (Å²) in [5, 5.41) is 50.0. The van der Waals surface area contributed by atoms with E-state index in [1.54, 1.807) is 36.4 Å². The lowest BCUT2D eigenvalue weighted by Crippen LogP contribution is -2.99. The van der Waals surface area contributed by atoms with Gasteiger partial charge in [0, 0.05) is 28.7 Å². The summed E-state index contributed by atoms with van der Waals surface area (Å²) in [5.74, 6) is -1.01. The van der Waals surface area contributed by atoms with Gasteiger partial charge in [0.15, 0.2) is 11.5 Å². The Hall–Kier alpha value is -3.85. The maximum Gasteiger partial charge on any atom is 0.206 e. The van der Waals surface area contributed by atoms with Crippen molar-refractivity contribution in [2.45, 2.75) is 24.4 Å². The summed E-state index contributed by atoms with van der Waals surface area (Å²) in [7, 11) is 0. The number of ketones is 1. The molecule has 2 aliphatic rings. The van der Waals surface area contributed by atoms with E-state index in [0.29, 0.717) is 23.1 Å². The maximum atomic E-state index is 13.1. The topological polar surface area (TPSA) is 130 Å². The minimum atomic E-state index is -1.24. The summed E-state index contributed by atoms with van der Waals surface area (Å²) >= 11 is 0. The molecule has 0 bridgehead atoms. The minimum Gasteiger partial charge on any atom is -0.595 e. The number of aliphatic hydroxyl groups is 1. The van der Waals surface area contributed by atoms with E-state index in [2.05, 4.69) is 10.2 Å². The number of para-hydroxylation sites is 1. The Bertz CT molecular complexity index is 1290. The molecule has 0 radical (unpaired) electrons. The van der Waals surface area contributed by atoms with Crippen LogP contribution >= 0.6 is 0 Å². The van der Waals surface area contributed by atoms with Crippen LogP contribution in [0.25, 0.3) is 5.76 Å². The summed E-state index contributed by atoms with van der Waals surface area (Å²) < 4.78 is 0. The maximum absolute atomic E-state index is 13.1. The highest BCUT2D eigenvalue weighted by Gasteiger charge is 2.41. The van der Waals surface area contributed by atoms with Crippen molar-refractivity contribution in [1.29, 1.82) is 0 Å². The highest BCUT2D eigenvalue weighted by atomic mass is 16.8. The molecule has 1 heterocycles. The third-order valence-corrected chi connectivity index (χ3v) is 6.29. The van der Waals surface area contributed by atoms with Gasteiger partial charge in [-0.15, -0.1) is 0 Å². The van der Waals surface area contributed by atoms with Crippen LogP contribution in [0.15, 0.2) is 88.6 Å². The number of carbonyl (C=O) groups is 1. The first kappa shape index (κ1) is 21.0. The van der Waals surface area contributed by atoms with Crippen LogP contribution in [0.2, 0.25) is 0 Å². The number of quaternary nitrogens is 1. The average Bonchev–Trinajstić information content (AvgIpc) is 3.09. The Morgan fingerprint density at radius 1 is 0.879 bits per heavy atom. The van der Waals surface area contributed by atoms with Crippen LogP contribution < -0.4 is 5.23 Å². The van der Waals surface area contributed by atoms with Gasteiger partial charge in [0.2, 0.25) is 5.69 Å². The number of phenols is 1. The molecule has 4 atom stereocenters. The van der Waals surface area contributed by atoms with Gasteiger partial charge in [-0.05, 0) is 12.0 Å². The van der Waals surface area contributed by atoms with E-state index in [4.69, 9.17) is 0 Å². The van der Waals surface area contributed by atoms with Crippen molar-refractivity contribution in [3.63, 3.8) is 0 Å². The fourth-order valence-electron chi connectivity index (χ4n) is 4.69. The molecule has 1 aliphatic carbocycles. The largest absolute Gasteiger partial charge is 0.595 e. The fourth-order valence-corrected chi connectivity index (χ4v) is 4.69. The number of benzene rings is 3. The van der Waals surface area contributed by atoms with Gasteiger partial charge in [0.05, 0.1) is 5.57 Å². The molecule has 0 amide bonds. The number of aliphatic hydroxyl groups excluding tert-OH is 1. The second-order valence-electron chi connectivity index (χ2n) is 8.13. The van der Waals surface area contributed by atoms with Gasteiger partial charge in [0.1, 0.15) is 17.8 Å². The molecular formula is C25H21N3O5. The van der Waals surface area contributed by atoms with Crippen LogP contribution in [-0.2, 0) is 0 Å². The molecule has 0 fully saturated rings. The van der Waals surface area contributed by atoms with Gasteiger partial charge in [-0.2, -0.15) is 15.5 Å². The highest BCUT2D eigenvalue weighted by molar-refractivity contribution is 6.20. The van der Waals surface area contributed by atoms with E-state index in [-0.39, 0.29) is 34.5 Å². The zero-order valence-electron chi connectivity index (χ0n) is 17.4. The van der Waals surface area contributed by atoms with Crippen LogP contribution in [0, 0.1) is 5.21 Å². The number of aromatic hydroxyl groups is 1. The lowest BCUT2D eigenvalue weighted by Gasteiger charge is -2.31. The molecule has 1 aliphatic heterocycles. The highest BCUT2D eigenvalue weighted by Crippen LogP contribution is 2.48. The number of phenolic OH excluding ortho intramolecular Hbond substituents is 1. The van der Waals surface area contributed by atoms with Crippen LogP contribution in [-0.4, -0.2) is 27.2 Å². The van der Waals surface area contributed by atoms with Crippen LogP contribution in [0.4, 0.5) is 5.69 Å². The Kier molecular flexibility index (Phi) is 5.26. The van der Waals surface area contributed by atoms with Crippen molar-refractivity contribution in [3.8, 4) is 5.75 Å². The first-order valence-electron chi connectivity index (χ1n) is 10.5. The Morgan fingerprint density at radius 2 is 1.58 bits per heavy atom.